The lowest BCUT2D eigenvalue weighted by atomic mass is 10.0. The Morgan fingerprint density at radius 2 is 1.53 bits per heavy atom. The van der Waals surface area contributed by atoms with E-state index in [4.69, 9.17) is 0 Å². The van der Waals surface area contributed by atoms with Crippen molar-refractivity contribution in [3.05, 3.63) is 65.7 Å². The molecule has 0 spiro atoms. The highest BCUT2D eigenvalue weighted by Crippen LogP contribution is 2.33. The van der Waals surface area contributed by atoms with Gasteiger partial charge in [0.2, 0.25) is 0 Å². The van der Waals surface area contributed by atoms with Crippen LogP contribution in [0.2, 0.25) is 0 Å². The molecule has 0 heterocycles. The van der Waals surface area contributed by atoms with Crippen LogP contribution in [0, 0.1) is 0 Å². The number of halogens is 2. The lowest BCUT2D eigenvalue weighted by molar-refractivity contribution is 0.0991. The van der Waals surface area contributed by atoms with Crippen LogP contribution < -0.4 is 0 Å². The Morgan fingerprint density at radius 3 is 2.11 bits per heavy atom. The summed E-state index contributed by atoms with van der Waals surface area (Å²) in [7, 11) is 0. The Morgan fingerprint density at radius 1 is 0.947 bits per heavy atom. The first-order valence-corrected chi connectivity index (χ1v) is 7.59. The maximum atomic E-state index is 12.3. The number of rotatable bonds is 4. The smallest absolute Gasteiger partial charge is 0.177 e. The quantitative estimate of drug-likeness (QED) is 0.624. The molecule has 19 heavy (non-hydrogen) atoms. The molecule has 0 aliphatic carbocycles. The van der Waals surface area contributed by atoms with Gasteiger partial charge in [-0.15, -0.1) is 0 Å². The van der Waals surface area contributed by atoms with Crippen molar-refractivity contribution in [2.24, 2.45) is 0 Å². The van der Waals surface area contributed by atoms with Crippen LogP contribution in [0.15, 0.2) is 54.6 Å². The van der Waals surface area contributed by atoms with E-state index >= 15 is 0 Å². The number of phenolic OH excluding ortho intramolecular Hbond substituents is 1. The van der Waals surface area contributed by atoms with Gasteiger partial charge in [-0.3, -0.25) is 4.79 Å². The maximum absolute atomic E-state index is 12.3. The largest absolute Gasteiger partial charge is 0.508 e. The first-order valence-electron chi connectivity index (χ1n) is 5.76. The molecule has 0 bridgehead atoms. The van der Waals surface area contributed by atoms with E-state index in [0.717, 1.165) is 5.56 Å². The molecule has 2 rings (SSSR count). The number of hydrogen-bond donors (Lipinski definition) is 1. The van der Waals surface area contributed by atoms with Gasteiger partial charge in [-0.25, -0.2) is 0 Å². The summed E-state index contributed by atoms with van der Waals surface area (Å²) < 4.78 is 0. The molecule has 2 nitrogen and oxygen atoms in total. The van der Waals surface area contributed by atoms with Crippen molar-refractivity contribution in [2.45, 2.75) is 9.65 Å². The second-order valence-electron chi connectivity index (χ2n) is 4.13. The molecule has 0 saturated carbocycles. The summed E-state index contributed by atoms with van der Waals surface area (Å²) in [5, 5.41) is 9.23. The van der Waals surface area contributed by atoms with Crippen molar-refractivity contribution in [2.75, 3.05) is 0 Å². The van der Waals surface area contributed by atoms with Crippen LogP contribution in [0.3, 0.4) is 0 Å². The minimum absolute atomic E-state index is 0.0225. The molecule has 0 aliphatic heterocycles. The maximum Gasteiger partial charge on any atom is 0.177 e. The summed E-state index contributed by atoms with van der Waals surface area (Å²) in [5.74, 6) is 0.131. The molecule has 0 aromatic heterocycles. The van der Waals surface area contributed by atoms with Gasteiger partial charge in [0, 0.05) is 5.56 Å². The summed E-state index contributed by atoms with van der Waals surface area (Å²) in [6.07, 6.45) is 0. The van der Waals surface area contributed by atoms with E-state index in [1.807, 2.05) is 30.3 Å². The molecule has 1 N–H and O–H groups in total. The van der Waals surface area contributed by atoms with Crippen molar-refractivity contribution < 1.29 is 9.90 Å². The topological polar surface area (TPSA) is 37.3 Å². The third kappa shape index (κ3) is 3.45. The van der Waals surface area contributed by atoms with Crippen LogP contribution in [0.4, 0.5) is 0 Å². The summed E-state index contributed by atoms with van der Waals surface area (Å²) in [4.78, 5) is 11.8. The second-order valence-corrected chi connectivity index (χ2v) is 6.10. The van der Waals surface area contributed by atoms with Crippen molar-refractivity contribution in [1.82, 2.24) is 0 Å². The van der Waals surface area contributed by atoms with Crippen LogP contribution in [0.5, 0.6) is 5.75 Å². The van der Waals surface area contributed by atoms with E-state index in [-0.39, 0.29) is 21.2 Å². The van der Waals surface area contributed by atoms with Gasteiger partial charge in [-0.2, -0.15) is 0 Å². The molecule has 0 radical (unpaired) electrons. The van der Waals surface area contributed by atoms with Gasteiger partial charge in [0.05, 0.1) is 9.65 Å². The molecule has 0 fully saturated rings. The minimum Gasteiger partial charge on any atom is -0.508 e. The van der Waals surface area contributed by atoms with Gasteiger partial charge in [-0.1, -0.05) is 62.2 Å². The molecule has 0 aliphatic rings. The lowest BCUT2D eigenvalue weighted by Gasteiger charge is -2.16. The number of Topliss-reactive ketones (excluding diaryl/α,β-unsaturated/α-hetero) is 1. The molecular formula is C15H12Br2O2. The van der Waals surface area contributed by atoms with E-state index in [9.17, 15) is 9.90 Å². The monoisotopic (exact) mass is 382 g/mol. The number of ketones is 1. The highest BCUT2D eigenvalue weighted by atomic mass is 79.9. The molecular weight excluding hydrogens is 372 g/mol. The standard InChI is InChI=1S/C15H12Br2O2/c16-13(10-4-2-1-3-5-10)14(17)15(19)11-6-8-12(18)9-7-11/h1-9,13-14,18H. The van der Waals surface area contributed by atoms with E-state index in [2.05, 4.69) is 31.9 Å². The van der Waals surface area contributed by atoms with Crippen LogP contribution in [0.25, 0.3) is 0 Å². The fourth-order valence-corrected chi connectivity index (χ4v) is 2.84. The molecule has 2 unspecified atom stereocenters. The summed E-state index contributed by atoms with van der Waals surface area (Å²) in [6.45, 7) is 0. The van der Waals surface area contributed by atoms with Crippen molar-refractivity contribution in [3.8, 4) is 5.75 Å². The van der Waals surface area contributed by atoms with Crippen molar-refractivity contribution in [3.63, 3.8) is 0 Å². The zero-order chi connectivity index (χ0) is 13.8. The Labute approximate surface area is 128 Å². The van der Waals surface area contributed by atoms with Crippen molar-refractivity contribution in [1.29, 1.82) is 0 Å². The first-order chi connectivity index (χ1) is 9.09. The number of hydrogen-bond acceptors (Lipinski definition) is 2. The second kappa shape index (κ2) is 6.35. The van der Waals surface area contributed by atoms with Crippen LogP contribution >= 0.6 is 31.9 Å². The third-order valence-corrected chi connectivity index (χ3v) is 5.49. The lowest BCUT2D eigenvalue weighted by Crippen LogP contribution is -2.19. The summed E-state index contributed by atoms with van der Waals surface area (Å²) in [6, 6.07) is 16.0. The van der Waals surface area contributed by atoms with Gasteiger partial charge in [0.15, 0.2) is 5.78 Å². The van der Waals surface area contributed by atoms with Crippen LogP contribution in [-0.2, 0) is 0 Å². The number of carbonyl (C=O) groups is 1. The van der Waals surface area contributed by atoms with Gasteiger partial charge < -0.3 is 5.11 Å². The molecule has 2 aromatic rings. The van der Waals surface area contributed by atoms with Crippen LogP contribution in [-0.4, -0.2) is 15.7 Å². The Kier molecular flexibility index (Phi) is 4.77. The Hall–Kier alpha value is -1.13. The Balaban J connectivity index is 2.17. The summed E-state index contributed by atoms with van der Waals surface area (Å²) >= 11 is 6.99. The Bertz CT molecular complexity index is 552. The van der Waals surface area contributed by atoms with E-state index < -0.39 is 0 Å². The van der Waals surface area contributed by atoms with E-state index in [0.29, 0.717) is 5.56 Å². The highest BCUT2D eigenvalue weighted by Gasteiger charge is 2.25. The molecule has 2 atom stereocenters. The fraction of sp³-hybridized carbons (Fsp3) is 0.133. The number of phenols is 1. The van der Waals surface area contributed by atoms with Crippen LogP contribution in [0.1, 0.15) is 20.7 Å². The number of benzene rings is 2. The fourth-order valence-electron chi connectivity index (χ4n) is 1.72. The normalized spacial score (nSPS) is 13.8. The van der Waals surface area contributed by atoms with Gasteiger partial charge in [0.1, 0.15) is 5.75 Å². The van der Waals surface area contributed by atoms with E-state index in [1.165, 1.54) is 12.1 Å². The molecule has 4 heteroatoms. The number of alkyl halides is 2. The van der Waals surface area contributed by atoms with Crippen molar-refractivity contribution >= 4 is 37.6 Å². The average molecular weight is 384 g/mol. The zero-order valence-electron chi connectivity index (χ0n) is 9.96. The molecule has 0 saturated heterocycles. The first kappa shape index (κ1) is 14.3. The molecule has 98 valence electrons. The number of aromatic hydroxyl groups is 1. The van der Waals surface area contributed by atoms with E-state index in [1.54, 1.807) is 12.1 Å². The zero-order valence-corrected chi connectivity index (χ0v) is 13.1. The predicted octanol–water partition coefficient (Wildman–Crippen LogP) is 4.47. The molecule has 2 aromatic carbocycles. The third-order valence-electron chi connectivity index (χ3n) is 2.78. The SMILES string of the molecule is O=C(c1ccc(O)cc1)C(Br)C(Br)c1ccccc1. The van der Waals surface area contributed by atoms with Gasteiger partial charge >= 0.3 is 0 Å². The minimum atomic E-state index is -0.362. The molecule has 0 amide bonds. The average Bonchev–Trinajstić information content (AvgIpc) is 2.46. The van der Waals surface area contributed by atoms with Gasteiger partial charge in [0.25, 0.3) is 0 Å². The number of carbonyl (C=O) groups excluding carboxylic acids is 1. The van der Waals surface area contributed by atoms with Gasteiger partial charge in [-0.05, 0) is 29.8 Å². The predicted molar refractivity (Wildman–Crippen MR) is 83.3 cm³/mol. The summed E-state index contributed by atoms with van der Waals surface area (Å²) in [5.41, 5.74) is 1.61. The highest BCUT2D eigenvalue weighted by molar-refractivity contribution is 9.12.